The van der Waals surface area contributed by atoms with E-state index in [1.807, 2.05) is 0 Å². The van der Waals surface area contributed by atoms with Gasteiger partial charge in [-0.1, -0.05) is 30.3 Å². The van der Waals surface area contributed by atoms with Gasteiger partial charge in [-0.15, -0.1) is 12.3 Å². The SMILES string of the molecule is C#CCC(C)N1CCNC(C)(c2ccccc2)C1. The first-order valence-corrected chi connectivity index (χ1v) is 6.64. The molecule has 0 saturated carbocycles. The van der Waals surface area contributed by atoms with E-state index in [1.165, 1.54) is 5.56 Å². The first kappa shape index (κ1) is 13.1. The molecule has 1 aliphatic rings. The molecule has 1 aliphatic heterocycles. The van der Waals surface area contributed by atoms with Gasteiger partial charge in [0.2, 0.25) is 0 Å². The Balaban J connectivity index is 2.13. The zero-order chi connectivity index (χ0) is 13.0. The van der Waals surface area contributed by atoms with Crippen LogP contribution < -0.4 is 5.32 Å². The Morgan fingerprint density at radius 2 is 2.17 bits per heavy atom. The first-order valence-electron chi connectivity index (χ1n) is 6.64. The molecule has 2 heteroatoms. The number of terminal acetylenes is 1. The zero-order valence-corrected chi connectivity index (χ0v) is 11.3. The number of hydrogen-bond acceptors (Lipinski definition) is 2. The fourth-order valence-corrected chi connectivity index (χ4v) is 2.69. The lowest BCUT2D eigenvalue weighted by Gasteiger charge is -2.44. The summed E-state index contributed by atoms with van der Waals surface area (Å²) in [5.74, 6) is 2.77. The molecule has 1 saturated heterocycles. The van der Waals surface area contributed by atoms with Crippen molar-refractivity contribution in [2.75, 3.05) is 19.6 Å². The van der Waals surface area contributed by atoms with Crippen LogP contribution in [0.2, 0.25) is 0 Å². The van der Waals surface area contributed by atoms with Gasteiger partial charge in [0, 0.05) is 32.1 Å². The monoisotopic (exact) mass is 242 g/mol. The van der Waals surface area contributed by atoms with Crippen molar-refractivity contribution in [3.63, 3.8) is 0 Å². The molecule has 2 nitrogen and oxygen atoms in total. The molecule has 2 unspecified atom stereocenters. The van der Waals surface area contributed by atoms with E-state index in [1.54, 1.807) is 0 Å². The van der Waals surface area contributed by atoms with Crippen molar-refractivity contribution in [2.24, 2.45) is 0 Å². The van der Waals surface area contributed by atoms with E-state index in [0.29, 0.717) is 6.04 Å². The smallest absolute Gasteiger partial charge is 0.0535 e. The molecule has 1 N–H and O–H groups in total. The normalized spacial score (nSPS) is 26.5. The van der Waals surface area contributed by atoms with Crippen LogP contribution in [0.3, 0.4) is 0 Å². The molecule has 0 aromatic heterocycles. The van der Waals surface area contributed by atoms with Crippen molar-refractivity contribution in [1.82, 2.24) is 10.2 Å². The number of piperazine rings is 1. The number of benzene rings is 1. The maximum atomic E-state index is 5.42. The van der Waals surface area contributed by atoms with E-state index >= 15 is 0 Å². The summed E-state index contributed by atoms with van der Waals surface area (Å²) in [6, 6.07) is 11.1. The zero-order valence-electron chi connectivity index (χ0n) is 11.3. The lowest BCUT2D eigenvalue weighted by atomic mass is 9.89. The largest absolute Gasteiger partial charge is 0.305 e. The number of rotatable bonds is 3. The Labute approximate surface area is 110 Å². The van der Waals surface area contributed by atoms with Crippen molar-refractivity contribution in [2.45, 2.75) is 31.8 Å². The minimum Gasteiger partial charge on any atom is -0.305 e. The van der Waals surface area contributed by atoms with E-state index in [9.17, 15) is 0 Å². The molecule has 0 radical (unpaired) electrons. The number of nitrogens with zero attached hydrogens (tertiary/aromatic N) is 1. The van der Waals surface area contributed by atoms with Gasteiger partial charge < -0.3 is 5.32 Å². The highest BCUT2D eigenvalue weighted by Gasteiger charge is 2.33. The van der Waals surface area contributed by atoms with Gasteiger partial charge in [0.1, 0.15) is 0 Å². The van der Waals surface area contributed by atoms with E-state index in [2.05, 4.69) is 60.3 Å². The average molecular weight is 242 g/mol. The third kappa shape index (κ3) is 2.75. The van der Waals surface area contributed by atoms with Gasteiger partial charge in [0.25, 0.3) is 0 Å². The minimum absolute atomic E-state index is 0.0301. The van der Waals surface area contributed by atoms with Gasteiger partial charge in [-0.05, 0) is 19.4 Å². The van der Waals surface area contributed by atoms with Gasteiger partial charge >= 0.3 is 0 Å². The second-order valence-corrected chi connectivity index (χ2v) is 5.35. The molecule has 1 fully saturated rings. The molecule has 1 aromatic rings. The lowest BCUT2D eigenvalue weighted by molar-refractivity contribution is 0.108. The topological polar surface area (TPSA) is 15.3 Å². The third-order valence-electron chi connectivity index (χ3n) is 3.88. The molecule has 96 valence electrons. The van der Waals surface area contributed by atoms with Gasteiger partial charge in [0.15, 0.2) is 0 Å². The molecule has 1 heterocycles. The van der Waals surface area contributed by atoms with Crippen LogP contribution in [-0.2, 0) is 5.54 Å². The molecule has 2 rings (SSSR count). The van der Waals surface area contributed by atoms with Crippen molar-refractivity contribution in [3.8, 4) is 12.3 Å². The Hall–Kier alpha value is -1.30. The summed E-state index contributed by atoms with van der Waals surface area (Å²) in [6.07, 6.45) is 6.25. The third-order valence-corrected chi connectivity index (χ3v) is 3.88. The molecule has 1 aromatic carbocycles. The van der Waals surface area contributed by atoms with Gasteiger partial charge in [-0.2, -0.15) is 0 Å². The van der Waals surface area contributed by atoms with Gasteiger partial charge in [-0.3, -0.25) is 4.90 Å². The summed E-state index contributed by atoms with van der Waals surface area (Å²) < 4.78 is 0. The van der Waals surface area contributed by atoms with Gasteiger partial charge in [0.05, 0.1) is 5.54 Å². The Morgan fingerprint density at radius 1 is 1.44 bits per heavy atom. The predicted octanol–water partition coefficient (Wildman–Crippen LogP) is 2.22. The highest BCUT2D eigenvalue weighted by Crippen LogP contribution is 2.25. The van der Waals surface area contributed by atoms with Crippen LogP contribution in [0.25, 0.3) is 0 Å². The van der Waals surface area contributed by atoms with Crippen LogP contribution in [0.5, 0.6) is 0 Å². The van der Waals surface area contributed by atoms with Crippen molar-refractivity contribution < 1.29 is 0 Å². The summed E-state index contributed by atoms with van der Waals surface area (Å²) in [5, 5.41) is 3.65. The second kappa shape index (κ2) is 5.56. The first-order chi connectivity index (χ1) is 8.65. The van der Waals surface area contributed by atoms with Crippen LogP contribution in [0.1, 0.15) is 25.8 Å². The summed E-state index contributed by atoms with van der Waals surface area (Å²) in [7, 11) is 0. The number of hydrogen-bond donors (Lipinski definition) is 1. The second-order valence-electron chi connectivity index (χ2n) is 5.35. The van der Waals surface area contributed by atoms with Crippen LogP contribution in [0.4, 0.5) is 0 Å². The fourth-order valence-electron chi connectivity index (χ4n) is 2.69. The highest BCUT2D eigenvalue weighted by atomic mass is 15.2. The van der Waals surface area contributed by atoms with Crippen molar-refractivity contribution in [1.29, 1.82) is 0 Å². The van der Waals surface area contributed by atoms with Gasteiger partial charge in [-0.25, -0.2) is 0 Å². The molecule has 0 spiro atoms. The highest BCUT2D eigenvalue weighted by molar-refractivity contribution is 5.25. The quantitative estimate of drug-likeness (QED) is 0.818. The van der Waals surface area contributed by atoms with Crippen LogP contribution in [0.15, 0.2) is 30.3 Å². The standard InChI is InChI=1S/C16H22N2/c1-4-8-14(2)18-12-11-17-16(3,13-18)15-9-6-5-7-10-15/h1,5-7,9-10,14,17H,8,11-13H2,2-3H3. The lowest BCUT2D eigenvalue weighted by Crippen LogP contribution is -2.58. The molecule has 18 heavy (non-hydrogen) atoms. The Bertz CT molecular complexity index is 420. The fraction of sp³-hybridized carbons (Fsp3) is 0.500. The summed E-state index contributed by atoms with van der Waals surface area (Å²) in [6.45, 7) is 7.60. The van der Waals surface area contributed by atoms with E-state index in [-0.39, 0.29) is 5.54 Å². The maximum absolute atomic E-state index is 5.42. The van der Waals surface area contributed by atoms with Crippen molar-refractivity contribution in [3.05, 3.63) is 35.9 Å². The summed E-state index contributed by atoms with van der Waals surface area (Å²) in [4.78, 5) is 2.49. The molecule has 2 atom stereocenters. The molecular formula is C16H22N2. The molecule has 0 amide bonds. The maximum Gasteiger partial charge on any atom is 0.0535 e. The molecule has 0 bridgehead atoms. The van der Waals surface area contributed by atoms with Crippen LogP contribution >= 0.6 is 0 Å². The minimum atomic E-state index is 0.0301. The number of nitrogens with one attached hydrogen (secondary N) is 1. The van der Waals surface area contributed by atoms with Crippen LogP contribution in [-0.4, -0.2) is 30.6 Å². The average Bonchev–Trinajstić information content (AvgIpc) is 2.40. The van der Waals surface area contributed by atoms with E-state index < -0.39 is 0 Å². The van der Waals surface area contributed by atoms with E-state index in [4.69, 9.17) is 6.42 Å². The Kier molecular flexibility index (Phi) is 4.06. The van der Waals surface area contributed by atoms with E-state index in [0.717, 1.165) is 26.1 Å². The molecular weight excluding hydrogens is 220 g/mol. The predicted molar refractivity (Wildman–Crippen MR) is 76.3 cm³/mol. The Morgan fingerprint density at radius 3 is 2.83 bits per heavy atom. The van der Waals surface area contributed by atoms with Crippen LogP contribution in [0, 0.1) is 12.3 Å². The summed E-state index contributed by atoms with van der Waals surface area (Å²) in [5.41, 5.74) is 1.38. The molecule has 0 aliphatic carbocycles. The summed E-state index contributed by atoms with van der Waals surface area (Å²) >= 11 is 0. The van der Waals surface area contributed by atoms with Crippen molar-refractivity contribution >= 4 is 0 Å².